The molecule has 1 aliphatic rings. The van der Waals surface area contributed by atoms with Crippen LogP contribution < -0.4 is 24.3 Å². The molecular formula is C23H27NO5. The molecule has 0 spiro atoms. The minimum Gasteiger partial charge on any atom is -0.493 e. The van der Waals surface area contributed by atoms with Crippen molar-refractivity contribution in [2.24, 2.45) is 0 Å². The van der Waals surface area contributed by atoms with Crippen LogP contribution in [0.2, 0.25) is 0 Å². The maximum absolute atomic E-state index is 12.2. The summed E-state index contributed by atoms with van der Waals surface area (Å²) in [5.74, 6) is 2.43. The van der Waals surface area contributed by atoms with Crippen molar-refractivity contribution in [3.05, 3.63) is 48.0 Å². The van der Waals surface area contributed by atoms with Gasteiger partial charge in [-0.1, -0.05) is 32.3 Å². The molecular weight excluding hydrogens is 370 g/mol. The molecule has 0 atom stereocenters. The quantitative estimate of drug-likeness (QED) is 0.450. The molecule has 0 aliphatic carbocycles. The van der Waals surface area contributed by atoms with Crippen LogP contribution in [0.15, 0.2) is 42.5 Å². The van der Waals surface area contributed by atoms with Gasteiger partial charge in [0, 0.05) is 17.8 Å². The highest BCUT2D eigenvalue weighted by molar-refractivity contribution is 6.02. The maximum Gasteiger partial charge on any atom is 0.248 e. The SMILES string of the molecule is CCCCCCOc1ccc(/C=C/C(=O)Nc2ccc3c(c2)OCO3)cc1OC. The number of fused-ring (bicyclic) bond motifs is 1. The number of hydrogen-bond acceptors (Lipinski definition) is 5. The van der Waals surface area contributed by atoms with Gasteiger partial charge in [0.15, 0.2) is 23.0 Å². The van der Waals surface area contributed by atoms with Crippen LogP contribution in [0.25, 0.3) is 6.08 Å². The van der Waals surface area contributed by atoms with Crippen LogP contribution >= 0.6 is 0 Å². The Morgan fingerprint density at radius 2 is 1.93 bits per heavy atom. The van der Waals surface area contributed by atoms with Crippen molar-refractivity contribution in [1.82, 2.24) is 0 Å². The molecule has 1 heterocycles. The van der Waals surface area contributed by atoms with Gasteiger partial charge in [-0.05, 0) is 42.3 Å². The Morgan fingerprint density at radius 3 is 2.76 bits per heavy atom. The number of amides is 1. The zero-order valence-electron chi connectivity index (χ0n) is 16.9. The number of hydrogen-bond donors (Lipinski definition) is 1. The summed E-state index contributed by atoms with van der Waals surface area (Å²) in [6, 6.07) is 10.9. The van der Waals surface area contributed by atoms with Crippen molar-refractivity contribution in [2.75, 3.05) is 25.8 Å². The minimum absolute atomic E-state index is 0.201. The van der Waals surface area contributed by atoms with E-state index in [0.29, 0.717) is 35.3 Å². The first kappa shape index (κ1) is 20.6. The highest BCUT2D eigenvalue weighted by atomic mass is 16.7. The molecule has 2 aromatic rings. The summed E-state index contributed by atoms with van der Waals surface area (Å²) in [4.78, 5) is 12.2. The molecule has 0 unspecified atom stereocenters. The Kier molecular flexibility index (Phi) is 7.39. The lowest BCUT2D eigenvalue weighted by atomic mass is 10.2. The molecule has 1 N–H and O–H groups in total. The average molecular weight is 397 g/mol. The second-order valence-electron chi connectivity index (χ2n) is 6.71. The molecule has 0 aromatic heterocycles. The van der Waals surface area contributed by atoms with E-state index in [1.165, 1.54) is 18.9 Å². The smallest absolute Gasteiger partial charge is 0.248 e. The fraction of sp³-hybridized carbons (Fsp3) is 0.348. The molecule has 1 amide bonds. The van der Waals surface area contributed by atoms with Crippen molar-refractivity contribution in [3.8, 4) is 23.0 Å². The lowest BCUT2D eigenvalue weighted by Gasteiger charge is -2.11. The molecule has 6 nitrogen and oxygen atoms in total. The Hall–Kier alpha value is -3.15. The van der Waals surface area contributed by atoms with E-state index in [0.717, 1.165) is 18.4 Å². The Morgan fingerprint density at radius 1 is 1.07 bits per heavy atom. The Bertz CT molecular complexity index is 862. The third-order valence-electron chi connectivity index (χ3n) is 4.51. The molecule has 3 rings (SSSR count). The van der Waals surface area contributed by atoms with E-state index in [1.807, 2.05) is 18.2 Å². The van der Waals surface area contributed by atoms with E-state index >= 15 is 0 Å². The van der Waals surface area contributed by atoms with E-state index in [-0.39, 0.29) is 12.7 Å². The van der Waals surface area contributed by atoms with Gasteiger partial charge in [0.2, 0.25) is 12.7 Å². The van der Waals surface area contributed by atoms with Crippen LogP contribution in [0, 0.1) is 0 Å². The summed E-state index contributed by atoms with van der Waals surface area (Å²) in [5.41, 5.74) is 1.49. The third-order valence-corrected chi connectivity index (χ3v) is 4.51. The molecule has 0 radical (unpaired) electrons. The molecule has 29 heavy (non-hydrogen) atoms. The predicted octanol–water partition coefficient (Wildman–Crippen LogP) is 5.03. The summed E-state index contributed by atoms with van der Waals surface area (Å²) < 4.78 is 21.8. The second kappa shape index (κ2) is 10.4. The number of carbonyl (C=O) groups excluding carboxylic acids is 1. The maximum atomic E-state index is 12.2. The van der Waals surface area contributed by atoms with Crippen molar-refractivity contribution in [1.29, 1.82) is 0 Å². The number of rotatable bonds is 10. The van der Waals surface area contributed by atoms with Gasteiger partial charge in [0.25, 0.3) is 0 Å². The molecule has 154 valence electrons. The normalized spacial score (nSPS) is 12.2. The van der Waals surface area contributed by atoms with E-state index in [2.05, 4.69) is 12.2 Å². The van der Waals surface area contributed by atoms with Crippen molar-refractivity contribution < 1.29 is 23.7 Å². The van der Waals surface area contributed by atoms with Gasteiger partial charge in [-0.3, -0.25) is 4.79 Å². The van der Waals surface area contributed by atoms with Crippen LogP contribution in [0.3, 0.4) is 0 Å². The second-order valence-corrected chi connectivity index (χ2v) is 6.71. The summed E-state index contributed by atoms with van der Waals surface area (Å²) in [6.07, 6.45) is 7.82. The van der Waals surface area contributed by atoms with Gasteiger partial charge in [-0.2, -0.15) is 0 Å². The van der Waals surface area contributed by atoms with Crippen molar-refractivity contribution in [3.63, 3.8) is 0 Å². The molecule has 1 aliphatic heterocycles. The van der Waals surface area contributed by atoms with Gasteiger partial charge in [-0.15, -0.1) is 0 Å². The Labute approximate surface area is 171 Å². The van der Waals surface area contributed by atoms with E-state index in [4.69, 9.17) is 18.9 Å². The number of anilines is 1. The van der Waals surface area contributed by atoms with Crippen LogP contribution in [0.5, 0.6) is 23.0 Å². The van der Waals surface area contributed by atoms with Gasteiger partial charge >= 0.3 is 0 Å². The molecule has 0 saturated carbocycles. The third kappa shape index (κ3) is 5.91. The van der Waals surface area contributed by atoms with Gasteiger partial charge < -0.3 is 24.3 Å². The van der Waals surface area contributed by atoms with Crippen molar-refractivity contribution in [2.45, 2.75) is 32.6 Å². The topological polar surface area (TPSA) is 66.0 Å². The molecule has 6 heteroatoms. The molecule has 0 saturated heterocycles. The fourth-order valence-corrected chi connectivity index (χ4v) is 2.95. The molecule has 0 fully saturated rings. The lowest BCUT2D eigenvalue weighted by molar-refractivity contribution is -0.111. The standard InChI is InChI=1S/C23H27NO5/c1-3-4-5-6-13-27-19-10-7-17(14-21(19)26-2)8-12-23(25)24-18-9-11-20-22(15-18)29-16-28-20/h7-12,14-15H,3-6,13,16H2,1-2H3,(H,24,25)/b12-8+. The number of ether oxygens (including phenoxy) is 4. The molecule has 0 bridgehead atoms. The number of methoxy groups -OCH3 is 1. The summed E-state index contributed by atoms with van der Waals surface area (Å²) in [6.45, 7) is 3.06. The predicted molar refractivity (Wildman–Crippen MR) is 113 cm³/mol. The van der Waals surface area contributed by atoms with Gasteiger partial charge in [0.05, 0.1) is 13.7 Å². The number of carbonyl (C=O) groups is 1. The van der Waals surface area contributed by atoms with E-state index in [1.54, 1.807) is 31.4 Å². The van der Waals surface area contributed by atoms with Crippen LogP contribution in [0.4, 0.5) is 5.69 Å². The first-order valence-electron chi connectivity index (χ1n) is 9.89. The highest BCUT2D eigenvalue weighted by Crippen LogP contribution is 2.34. The first-order chi connectivity index (χ1) is 14.2. The Balaban J connectivity index is 1.55. The van der Waals surface area contributed by atoms with E-state index < -0.39 is 0 Å². The number of unbranched alkanes of at least 4 members (excludes halogenated alkanes) is 3. The van der Waals surface area contributed by atoms with Crippen LogP contribution in [0.1, 0.15) is 38.2 Å². The van der Waals surface area contributed by atoms with Crippen molar-refractivity contribution >= 4 is 17.7 Å². The largest absolute Gasteiger partial charge is 0.493 e. The summed E-state index contributed by atoms with van der Waals surface area (Å²) in [5, 5.41) is 2.81. The monoisotopic (exact) mass is 397 g/mol. The van der Waals surface area contributed by atoms with Gasteiger partial charge in [0.1, 0.15) is 0 Å². The number of benzene rings is 2. The lowest BCUT2D eigenvalue weighted by Crippen LogP contribution is -2.07. The van der Waals surface area contributed by atoms with Crippen LogP contribution in [-0.4, -0.2) is 26.4 Å². The zero-order valence-corrected chi connectivity index (χ0v) is 16.9. The van der Waals surface area contributed by atoms with Crippen LogP contribution in [-0.2, 0) is 4.79 Å². The van der Waals surface area contributed by atoms with Gasteiger partial charge in [-0.25, -0.2) is 0 Å². The summed E-state index contributed by atoms with van der Waals surface area (Å²) >= 11 is 0. The highest BCUT2D eigenvalue weighted by Gasteiger charge is 2.13. The number of nitrogens with one attached hydrogen (secondary N) is 1. The minimum atomic E-state index is -0.237. The summed E-state index contributed by atoms with van der Waals surface area (Å²) in [7, 11) is 1.61. The average Bonchev–Trinajstić information content (AvgIpc) is 3.20. The zero-order chi connectivity index (χ0) is 20.5. The fourth-order valence-electron chi connectivity index (χ4n) is 2.95. The molecule has 2 aromatic carbocycles. The van der Waals surface area contributed by atoms with E-state index in [9.17, 15) is 4.79 Å². The first-order valence-corrected chi connectivity index (χ1v) is 9.89.